The molecule has 1 aromatic heterocycles. The largest absolute Gasteiger partial charge is 0.314 e. The van der Waals surface area contributed by atoms with Crippen molar-refractivity contribution in [3.8, 4) is 0 Å². The van der Waals surface area contributed by atoms with Gasteiger partial charge in [0.1, 0.15) is 11.6 Å². The molecular formula is C19H18F2N2O3S2. The van der Waals surface area contributed by atoms with Crippen LogP contribution >= 0.6 is 11.3 Å². The first kappa shape index (κ1) is 20.3. The third-order valence-electron chi connectivity index (χ3n) is 4.06. The number of nitrogens with zero attached hydrogens (tertiary/aromatic N) is 2. The smallest absolute Gasteiger partial charge is 0.263 e. The van der Waals surface area contributed by atoms with Crippen molar-refractivity contribution in [1.82, 2.24) is 4.57 Å². The van der Waals surface area contributed by atoms with E-state index in [9.17, 15) is 22.0 Å². The highest BCUT2D eigenvalue weighted by molar-refractivity contribution is 7.92. The molecule has 1 heterocycles. The molecule has 0 aliphatic rings. The summed E-state index contributed by atoms with van der Waals surface area (Å²) in [5.74, 6) is -3.14. The minimum Gasteiger partial charge on any atom is -0.314 e. The number of thiazole rings is 1. The Hall–Kier alpha value is -2.39. The third-order valence-corrected chi connectivity index (χ3v) is 6.70. The zero-order valence-electron chi connectivity index (χ0n) is 15.3. The zero-order valence-corrected chi connectivity index (χ0v) is 16.9. The summed E-state index contributed by atoms with van der Waals surface area (Å²) in [6, 6.07) is 8.11. The summed E-state index contributed by atoms with van der Waals surface area (Å²) in [6.07, 6.45) is 0.631. The van der Waals surface area contributed by atoms with Crippen molar-refractivity contribution >= 4 is 37.3 Å². The fraction of sp³-hybridized carbons (Fsp3) is 0.263. The van der Waals surface area contributed by atoms with Gasteiger partial charge < -0.3 is 4.57 Å². The second-order valence-electron chi connectivity index (χ2n) is 6.35. The normalized spacial score (nSPS) is 12.6. The quantitative estimate of drug-likeness (QED) is 0.628. The number of aromatic nitrogens is 1. The van der Waals surface area contributed by atoms with Crippen LogP contribution in [0.15, 0.2) is 46.3 Å². The van der Waals surface area contributed by atoms with Crippen LogP contribution in [-0.2, 0) is 21.2 Å². The van der Waals surface area contributed by atoms with Crippen LogP contribution in [0.2, 0.25) is 0 Å². The monoisotopic (exact) mass is 424 g/mol. The second-order valence-corrected chi connectivity index (χ2v) is 9.35. The number of hydrogen-bond donors (Lipinski definition) is 0. The average Bonchev–Trinajstić information content (AvgIpc) is 2.92. The van der Waals surface area contributed by atoms with Crippen molar-refractivity contribution in [2.24, 2.45) is 4.99 Å². The van der Waals surface area contributed by atoms with Gasteiger partial charge in [0.25, 0.3) is 5.91 Å². The number of fused-ring (bicyclic) bond motifs is 1. The minimum atomic E-state index is -3.85. The molecule has 5 nitrogen and oxygen atoms in total. The van der Waals surface area contributed by atoms with Crippen molar-refractivity contribution in [3.05, 3.63) is 58.4 Å². The van der Waals surface area contributed by atoms with E-state index in [1.54, 1.807) is 12.1 Å². The molecule has 0 saturated carbocycles. The number of carbonyl (C=O) groups is 1. The number of carbonyl (C=O) groups excluding carboxylic acids is 1. The molecule has 1 amide bonds. The van der Waals surface area contributed by atoms with Gasteiger partial charge in [0.2, 0.25) is 0 Å². The Kier molecular flexibility index (Phi) is 5.76. The molecule has 0 radical (unpaired) electrons. The highest BCUT2D eigenvalue weighted by atomic mass is 32.2. The van der Waals surface area contributed by atoms with E-state index in [1.807, 2.05) is 13.8 Å². The Morgan fingerprint density at radius 1 is 1.18 bits per heavy atom. The van der Waals surface area contributed by atoms with E-state index in [4.69, 9.17) is 0 Å². The van der Waals surface area contributed by atoms with Crippen LogP contribution in [0.4, 0.5) is 8.78 Å². The summed E-state index contributed by atoms with van der Waals surface area (Å²) in [6.45, 7) is 4.05. The van der Waals surface area contributed by atoms with Gasteiger partial charge in [-0.1, -0.05) is 36.0 Å². The molecule has 9 heteroatoms. The van der Waals surface area contributed by atoms with E-state index >= 15 is 0 Å². The molecule has 0 aliphatic carbocycles. The fourth-order valence-electron chi connectivity index (χ4n) is 2.78. The molecule has 0 N–H and O–H groups in total. The molecule has 3 rings (SSSR count). The first-order valence-electron chi connectivity index (χ1n) is 8.56. The summed E-state index contributed by atoms with van der Waals surface area (Å²) < 4.78 is 54.4. The Balaban J connectivity index is 2.01. The van der Waals surface area contributed by atoms with E-state index in [0.29, 0.717) is 17.7 Å². The standard InChI is InChI=1S/C19H18F2N2O3S2/c1-3-8-23-18-15(21)9-13(20)10-16(18)27-19(23)22-17(24)11-28(25,26)14-6-4-12(2)5-7-14/h4-7,9-10H,3,8,11H2,1-2H3. The molecule has 0 aliphatic heterocycles. The van der Waals surface area contributed by atoms with Gasteiger partial charge >= 0.3 is 0 Å². The van der Waals surface area contributed by atoms with Crippen molar-refractivity contribution < 1.29 is 22.0 Å². The first-order valence-corrected chi connectivity index (χ1v) is 11.0. The second kappa shape index (κ2) is 7.92. The zero-order chi connectivity index (χ0) is 20.5. The van der Waals surface area contributed by atoms with Crippen LogP contribution in [0, 0.1) is 18.6 Å². The molecule has 3 aromatic rings. The molecular weight excluding hydrogens is 406 g/mol. The number of aryl methyl sites for hydroxylation is 2. The van der Waals surface area contributed by atoms with E-state index in [-0.39, 0.29) is 15.2 Å². The molecule has 0 unspecified atom stereocenters. The highest BCUT2D eigenvalue weighted by Gasteiger charge is 2.20. The van der Waals surface area contributed by atoms with E-state index in [0.717, 1.165) is 23.0 Å². The van der Waals surface area contributed by atoms with Crippen LogP contribution in [0.1, 0.15) is 18.9 Å². The van der Waals surface area contributed by atoms with Gasteiger partial charge in [-0.05, 0) is 31.5 Å². The molecule has 28 heavy (non-hydrogen) atoms. The Bertz CT molecular complexity index is 1210. The maximum absolute atomic E-state index is 14.2. The van der Waals surface area contributed by atoms with Crippen LogP contribution in [0.3, 0.4) is 0 Å². The van der Waals surface area contributed by atoms with Crippen LogP contribution in [-0.4, -0.2) is 24.6 Å². The number of sulfone groups is 1. The summed E-state index contributed by atoms with van der Waals surface area (Å²) >= 11 is 0.945. The molecule has 0 spiro atoms. The Morgan fingerprint density at radius 2 is 1.86 bits per heavy atom. The van der Waals surface area contributed by atoms with Gasteiger partial charge in [-0.25, -0.2) is 17.2 Å². The van der Waals surface area contributed by atoms with Gasteiger partial charge in [-0.3, -0.25) is 4.79 Å². The van der Waals surface area contributed by atoms with E-state index in [2.05, 4.69) is 4.99 Å². The topological polar surface area (TPSA) is 68.5 Å². The van der Waals surface area contributed by atoms with Gasteiger partial charge in [0.15, 0.2) is 20.5 Å². The Labute approximate surface area is 164 Å². The predicted octanol–water partition coefficient (Wildman–Crippen LogP) is 3.60. The lowest BCUT2D eigenvalue weighted by molar-refractivity contribution is -0.115. The van der Waals surface area contributed by atoms with E-state index < -0.39 is 33.1 Å². The number of rotatable bonds is 5. The number of hydrogen-bond acceptors (Lipinski definition) is 4. The SMILES string of the molecule is CCCn1c(=NC(=O)CS(=O)(=O)c2ccc(C)cc2)sc2cc(F)cc(F)c21. The number of amides is 1. The van der Waals surface area contributed by atoms with Crippen molar-refractivity contribution in [2.75, 3.05) is 5.75 Å². The molecule has 0 fully saturated rings. The molecule has 0 bridgehead atoms. The summed E-state index contributed by atoms with van der Waals surface area (Å²) in [4.78, 5) is 16.4. The lowest BCUT2D eigenvalue weighted by Gasteiger charge is -2.04. The molecule has 0 saturated heterocycles. The summed E-state index contributed by atoms with van der Waals surface area (Å²) in [5, 5.41) is 0. The van der Waals surface area contributed by atoms with Crippen LogP contribution in [0.5, 0.6) is 0 Å². The number of halogens is 2. The molecule has 0 atom stereocenters. The lowest BCUT2D eigenvalue weighted by atomic mass is 10.2. The maximum atomic E-state index is 14.2. The predicted molar refractivity (Wildman–Crippen MR) is 104 cm³/mol. The average molecular weight is 424 g/mol. The number of benzene rings is 2. The van der Waals surface area contributed by atoms with Gasteiger partial charge in [-0.15, -0.1) is 0 Å². The van der Waals surface area contributed by atoms with Gasteiger partial charge in [0.05, 0.1) is 15.1 Å². The van der Waals surface area contributed by atoms with Crippen molar-refractivity contribution in [1.29, 1.82) is 0 Å². The van der Waals surface area contributed by atoms with Gasteiger partial charge in [0, 0.05) is 12.6 Å². The van der Waals surface area contributed by atoms with Gasteiger partial charge in [-0.2, -0.15) is 4.99 Å². The van der Waals surface area contributed by atoms with Crippen molar-refractivity contribution in [3.63, 3.8) is 0 Å². The fourth-order valence-corrected chi connectivity index (χ4v) is 5.00. The lowest BCUT2D eigenvalue weighted by Crippen LogP contribution is -2.21. The summed E-state index contributed by atoms with van der Waals surface area (Å²) in [7, 11) is -3.85. The third kappa shape index (κ3) is 4.20. The molecule has 148 valence electrons. The van der Waals surface area contributed by atoms with Crippen LogP contribution in [0.25, 0.3) is 10.2 Å². The molecule has 2 aromatic carbocycles. The van der Waals surface area contributed by atoms with E-state index in [1.165, 1.54) is 22.8 Å². The van der Waals surface area contributed by atoms with Crippen LogP contribution < -0.4 is 4.80 Å². The van der Waals surface area contributed by atoms with Crippen molar-refractivity contribution in [2.45, 2.75) is 31.7 Å². The maximum Gasteiger partial charge on any atom is 0.263 e. The summed E-state index contributed by atoms with van der Waals surface area (Å²) in [5.41, 5.74) is 1.05. The highest BCUT2D eigenvalue weighted by Crippen LogP contribution is 2.22. The first-order chi connectivity index (χ1) is 13.2. The minimum absolute atomic E-state index is 0.0348. The Morgan fingerprint density at radius 3 is 2.50 bits per heavy atom.